The summed E-state index contributed by atoms with van der Waals surface area (Å²) in [5, 5.41) is 3.29. The summed E-state index contributed by atoms with van der Waals surface area (Å²) in [6, 6.07) is 7.92. The quantitative estimate of drug-likeness (QED) is 0.867. The lowest BCUT2D eigenvalue weighted by Crippen LogP contribution is -2.34. The van der Waals surface area contributed by atoms with Crippen LogP contribution in [0.5, 0.6) is 5.75 Å². The van der Waals surface area contributed by atoms with Gasteiger partial charge in [0, 0.05) is 18.9 Å². The van der Waals surface area contributed by atoms with Gasteiger partial charge in [-0.2, -0.15) is 0 Å². The van der Waals surface area contributed by atoms with Gasteiger partial charge in [-0.15, -0.1) is 0 Å². The first-order chi connectivity index (χ1) is 8.81. The third-order valence-electron chi connectivity index (χ3n) is 3.59. The van der Waals surface area contributed by atoms with Crippen LogP contribution in [0.3, 0.4) is 0 Å². The highest BCUT2D eigenvalue weighted by atomic mass is 16.5. The maximum atomic E-state index is 12.1. The molecule has 1 aliphatic heterocycles. The van der Waals surface area contributed by atoms with E-state index in [-0.39, 0.29) is 5.92 Å². The summed E-state index contributed by atoms with van der Waals surface area (Å²) in [5.74, 6) is 1.48. The number of ketones is 1. The zero-order valence-corrected chi connectivity index (χ0v) is 10.9. The zero-order valence-electron chi connectivity index (χ0n) is 10.9. The van der Waals surface area contributed by atoms with Crippen LogP contribution in [-0.2, 0) is 11.2 Å². The molecule has 1 atom stereocenters. The van der Waals surface area contributed by atoms with E-state index in [4.69, 9.17) is 4.74 Å². The Morgan fingerprint density at radius 3 is 3.00 bits per heavy atom. The number of aryl methyl sites for hydroxylation is 1. The van der Waals surface area contributed by atoms with Gasteiger partial charge in [-0.05, 0) is 37.4 Å². The van der Waals surface area contributed by atoms with Gasteiger partial charge in [0.2, 0.25) is 0 Å². The highest BCUT2D eigenvalue weighted by Gasteiger charge is 2.20. The Kier molecular flexibility index (Phi) is 4.76. The summed E-state index contributed by atoms with van der Waals surface area (Å²) in [5.41, 5.74) is 1.12. The van der Waals surface area contributed by atoms with Crippen LogP contribution >= 0.6 is 0 Å². The lowest BCUT2D eigenvalue weighted by Gasteiger charge is -2.21. The second-order valence-electron chi connectivity index (χ2n) is 4.82. The minimum atomic E-state index is 0.216. The molecule has 0 spiro atoms. The molecule has 1 unspecified atom stereocenters. The SMILES string of the molecule is COc1ccccc1CCC(=O)C1CCCNC1. The number of piperidine rings is 1. The molecule has 1 N–H and O–H groups in total. The van der Waals surface area contributed by atoms with Gasteiger partial charge in [-0.1, -0.05) is 18.2 Å². The maximum Gasteiger partial charge on any atom is 0.137 e. The average molecular weight is 247 g/mol. The number of ether oxygens (including phenoxy) is 1. The van der Waals surface area contributed by atoms with Crippen molar-refractivity contribution in [3.05, 3.63) is 29.8 Å². The molecule has 0 bridgehead atoms. The molecule has 2 rings (SSSR count). The molecule has 1 aliphatic rings. The molecule has 0 amide bonds. The van der Waals surface area contributed by atoms with Crippen LogP contribution in [0.2, 0.25) is 0 Å². The highest BCUT2D eigenvalue weighted by Crippen LogP contribution is 2.20. The van der Waals surface area contributed by atoms with Gasteiger partial charge in [-0.3, -0.25) is 4.79 Å². The molecule has 3 nitrogen and oxygen atoms in total. The Bertz CT molecular complexity index is 397. The van der Waals surface area contributed by atoms with E-state index >= 15 is 0 Å². The van der Waals surface area contributed by atoms with Crippen molar-refractivity contribution in [2.24, 2.45) is 5.92 Å². The van der Waals surface area contributed by atoms with Crippen molar-refractivity contribution in [3.63, 3.8) is 0 Å². The normalized spacial score (nSPS) is 19.5. The van der Waals surface area contributed by atoms with E-state index in [0.717, 1.165) is 43.7 Å². The molecule has 1 heterocycles. The van der Waals surface area contributed by atoms with E-state index < -0.39 is 0 Å². The number of rotatable bonds is 5. The first-order valence-corrected chi connectivity index (χ1v) is 6.66. The van der Waals surface area contributed by atoms with Crippen LogP contribution in [0.4, 0.5) is 0 Å². The van der Waals surface area contributed by atoms with Crippen molar-refractivity contribution >= 4 is 5.78 Å². The highest BCUT2D eigenvalue weighted by molar-refractivity contribution is 5.81. The van der Waals surface area contributed by atoms with Crippen LogP contribution in [0.25, 0.3) is 0 Å². The fourth-order valence-corrected chi connectivity index (χ4v) is 2.50. The molecule has 0 aromatic heterocycles. The second kappa shape index (κ2) is 6.55. The third-order valence-corrected chi connectivity index (χ3v) is 3.59. The van der Waals surface area contributed by atoms with Gasteiger partial charge in [0.1, 0.15) is 11.5 Å². The molecule has 98 valence electrons. The molecule has 18 heavy (non-hydrogen) atoms. The molecular weight excluding hydrogens is 226 g/mol. The van der Waals surface area contributed by atoms with Crippen molar-refractivity contribution in [2.45, 2.75) is 25.7 Å². The van der Waals surface area contributed by atoms with Gasteiger partial charge < -0.3 is 10.1 Å². The van der Waals surface area contributed by atoms with Crippen molar-refractivity contribution in [1.29, 1.82) is 0 Å². The molecule has 1 aromatic rings. The van der Waals surface area contributed by atoms with E-state index in [0.29, 0.717) is 12.2 Å². The monoisotopic (exact) mass is 247 g/mol. The Morgan fingerprint density at radius 1 is 1.44 bits per heavy atom. The zero-order chi connectivity index (χ0) is 12.8. The second-order valence-corrected chi connectivity index (χ2v) is 4.82. The largest absolute Gasteiger partial charge is 0.496 e. The van der Waals surface area contributed by atoms with Crippen molar-refractivity contribution in [3.8, 4) is 5.75 Å². The number of carbonyl (C=O) groups is 1. The predicted octanol–water partition coefficient (Wildman–Crippen LogP) is 2.20. The minimum Gasteiger partial charge on any atom is -0.496 e. The number of carbonyl (C=O) groups excluding carboxylic acids is 1. The van der Waals surface area contributed by atoms with Crippen molar-refractivity contribution in [1.82, 2.24) is 5.32 Å². The molecule has 0 radical (unpaired) electrons. The Morgan fingerprint density at radius 2 is 2.28 bits per heavy atom. The third kappa shape index (κ3) is 3.33. The van der Waals surface area contributed by atoms with Crippen LogP contribution in [0.1, 0.15) is 24.8 Å². The van der Waals surface area contributed by atoms with E-state index in [1.165, 1.54) is 0 Å². The van der Waals surface area contributed by atoms with E-state index in [2.05, 4.69) is 5.32 Å². The number of hydrogen-bond acceptors (Lipinski definition) is 3. The maximum absolute atomic E-state index is 12.1. The van der Waals surface area contributed by atoms with Gasteiger partial charge in [0.05, 0.1) is 7.11 Å². The first-order valence-electron chi connectivity index (χ1n) is 6.66. The predicted molar refractivity (Wildman–Crippen MR) is 71.9 cm³/mol. The lowest BCUT2D eigenvalue weighted by molar-refractivity contribution is -0.123. The summed E-state index contributed by atoms with van der Waals surface area (Å²) >= 11 is 0. The van der Waals surface area contributed by atoms with E-state index in [9.17, 15) is 4.79 Å². The number of benzene rings is 1. The van der Waals surface area contributed by atoms with Crippen LogP contribution < -0.4 is 10.1 Å². The number of hydrogen-bond donors (Lipinski definition) is 1. The Hall–Kier alpha value is -1.35. The molecule has 0 aliphatic carbocycles. The molecular formula is C15H21NO2. The van der Waals surface area contributed by atoms with E-state index in [1.807, 2.05) is 24.3 Å². The van der Waals surface area contributed by atoms with Gasteiger partial charge in [-0.25, -0.2) is 0 Å². The molecule has 1 saturated heterocycles. The Balaban J connectivity index is 1.88. The smallest absolute Gasteiger partial charge is 0.137 e. The van der Waals surface area contributed by atoms with Crippen LogP contribution in [-0.4, -0.2) is 26.0 Å². The summed E-state index contributed by atoms with van der Waals surface area (Å²) < 4.78 is 5.30. The van der Waals surface area contributed by atoms with Crippen LogP contribution in [0, 0.1) is 5.92 Å². The van der Waals surface area contributed by atoms with Gasteiger partial charge in [0.25, 0.3) is 0 Å². The topological polar surface area (TPSA) is 38.3 Å². The van der Waals surface area contributed by atoms with Gasteiger partial charge in [0.15, 0.2) is 0 Å². The summed E-state index contributed by atoms with van der Waals surface area (Å²) in [6.45, 7) is 1.90. The van der Waals surface area contributed by atoms with Crippen molar-refractivity contribution in [2.75, 3.05) is 20.2 Å². The molecule has 1 fully saturated rings. The standard InChI is InChI=1S/C15H21NO2/c1-18-15-7-3-2-5-12(15)8-9-14(17)13-6-4-10-16-11-13/h2-3,5,7,13,16H,4,6,8-11H2,1H3. The summed E-state index contributed by atoms with van der Waals surface area (Å²) in [6.07, 6.45) is 3.55. The number of para-hydroxylation sites is 1. The van der Waals surface area contributed by atoms with Crippen LogP contribution in [0.15, 0.2) is 24.3 Å². The van der Waals surface area contributed by atoms with Gasteiger partial charge >= 0.3 is 0 Å². The average Bonchev–Trinajstić information content (AvgIpc) is 2.46. The fourth-order valence-electron chi connectivity index (χ4n) is 2.50. The Labute approximate surface area is 109 Å². The first kappa shape index (κ1) is 13.1. The van der Waals surface area contributed by atoms with Crippen molar-refractivity contribution < 1.29 is 9.53 Å². The minimum absolute atomic E-state index is 0.216. The van der Waals surface area contributed by atoms with E-state index in [1.54, 1.807) is 7.11 Å². The fraction of sp³-hybridized carbons (Fsp3) is 0.533. The summed E-state index contributed by atoms with van der Waals surface area (Å²) in [4.78, 5) is 12.1. The molecule has 3 heteroatoms. The number of nitrogens with one attached hydrogen (secondary N) is 1. The molecule has 0 saturated carbocycles. The summed E-state index contributed by atoms with van der Waals surface area (Å²) in [7, 11) is 1.67. The molecule has 1 aromatic carbocycles. The lowest BCUT2D eigenvalue weighted by atomic mass is 9.91. The number of methoxy groups -OCH3 is 1. The number of Topliss-reactive ketones (excluding diaryl/α,β-unsaturated/α-hetero) is 1.